The van der Waals surface area contributed by atoms with Gasteiger partial charge in [0.2, 0.25) is 5.78 Å². The number of pyridine rings is 2. The van der Waals surface area contributed by atoms with Gasteiger partial charge in [-0.3, -0.25) is 18.9 Å². The molecule has 0 saturated carbocycles. The van der Waals surface area contributed by atoms with Crippen LogP contribution in [0, 0.1) is 0 Å². The molecule has 54 heavy (non-hydrogen) atoms. The van der Waals surface area contributed by atoms with E-state index in [0.717, 1.165) is 83.4 Å². The minimum atomic E-state index is 0.858. The summed E-state index contributed by atoms with van der Waals surface area (Å²) in [5.74, 6) is 0.858. The minimum Gasteiger partial charge on any atom is -0.306 e. The van der Waals surface area contributed by atoms with Crippen molar-refractivity contribution in [3.8, 4) is 33.8 Å². The second-order valence-corrected chi connectivity index (χ2v) is 14.7. The molecule has 12 aromatic rings. The van der Waals surface area contributed by atoms with Crippen molar-refractivity contribution in [3.05, 3.63) is 170 Å². The smallest absolute Gasteiger partial charge is 0.220 e. The number of thiophene rings is 1. The van der Waals surface area contributed by atoms with Crippen molar-refractivity contribution in [2.45, 2.75) is 0 Å². The molecule has 0 spiro atoms. The lowest BCUT2D eigenvalue weighted by molar-refractivity contribution is 1.11. The maximum Gasteiger partial charge on any atom is 0.220 e. The summed E-state index contributed by atoms with van der Waals surface area (Å²) >= 11 is 1.81. The Morgan fingerprint density at radius 2 is 1.22 bits per heavy atom. The third-order valence-corrected chi connectivity index (χ3v) is 12.0. The zero-order valence-corrected chi connectivity index (χ0v) is 29.6. The van der Waals surface area contributed by atoms with Crippen LogP contribution in [0.4, 0.5) is 0 Å². The summed E-state index contributed by atoms with van der Waals surface area (Å²) in [6.45, 7) is 0. The Bertz CT molecular complexity index is 3460. The number of hydrogen-bond donors (Lipinski definition) is 0. The highest BCUT2D eigenvalue weighted by Crippen LogP contribution is 2.44. The van der Waals surface area contributed by atoms with Crippen molar-refractivity contribution < 1.29 is 0 Å². The summed E-state index contributed by atoms with van der Waals surface area (Å²) in [6.07, 6.45) is 5.78. The first-order valence-electron chi connectivity index (χ1n) is 18.0. The van der Waals surface area contributed by atoms with Gasteiger partial charge in [-0.1, -0.05) is 91.0 Å². The lowest BCUT2D eigenvalue weighted by Crippen LogP contribution is -1.99. The SMILES string of the molecule is c1ccc(-n2c3cnccc3c3ccc4c(nc5n(-c6ccccc6-c6ccccc6-c6nccc7c6sc6ccccc67)c6ccccc6n45)c32)cc1. The molecule has 0 atom stereocenters. The molecule has 0 amide bonds. The molecule has 6 aromatic carbocycles. The van der Waals surface area contributed by atoms with Crippen LogP contribution in [-0.4, -0.2) is 28.5 Å². The number of para-hydroxylation sites is 4. The van der Waals surface area contributed by atoms with Crippen LogP contribution in [0.3, 0.4) is 0 Å². The molecule has 0 aliphatic carbocycles. The molecule has 6 nitrogen and oxygen atoms in total. The highest BCUT2D eigenvalue weighted by atomic mass is 32.1. The maximum absolute atomic E-state index is 5.59. The molecule has 0 bridgehead atoms. The van der Waals surface area contributed by atoms with Crippen LogP contribution in [0.5, 0.6) is 0 Å². The van der Waals surface area contributed by atoms with Gasteiger partial charge in [0.1, 0.15) is 5.52 Å². The summed E-state index contributed by atoms with van der Waals surface area (Å²) in [7, 11) is 0. The van der Waals surface area contributed by atoms with Gasteiger partial charge in [0.25, 0.3) is 0 Å². The highest BCUT2D eigenvalue weighted by Gasteiger charge is 2.24. The summed E-state index contributed by atoms with van der Waals surface area (Å²) in [4.78, 5) is 15.2. The first kappa shape index (κ1) is 29.5. The number of imidazole rings is 2. The zero-order valence-electron chi connectivity index (χ0n) is 28.8. The van der Waals surface area contributed by atoms with Gasteiger partial charge < -0.3 is 4.57 Å². The largest absolute Gasteiger partial charge is 0.306 e. The van der Waals surface area contributed by atoms with E-state index >= 15 is 0 Å². The third-order valence-electron chi connectivity index (χ3n) is 10.8. The van der Waals surface area contributed by atoms with E-state index < -0.39 is 0 Å². The maximum atomic E-state index is 5.59. The number of fused-ring (bicyclic) bond motifs is 12. The van der Waals surface area contributed by atoms with Gasteiger partial charge in [0.05, 0.1) is 49.9 Å². The fourth-order valence-electron chi connectivity index (χ4n) is 8.56. The Morgan fingerprint density at radius 1 is 0.481 bits per heavy atom. The Balaban J connectivity index is 1.16. The van der Waals surface area contributed by atoms with E-state index in [-0.39, 0.29) is 0 Å². The summed E-state index contributed by atoms with van der Waals surface area (Å²) in [6, 6.07) is 53.9. The standard InChI is InChI=1S/C47H28N6S/c1-2-12-29(13-3-1)51-41-28-48-26-24-32(41)35-22-23-40-44(45(35)51)50-47-52(38-19-9-10-20-39(38)53(40)47)37-18-8-6-15-31(37)30-14-4-5-17-34(30)43-46-36(25-27-49-43)33-16-7-11-21-42(33)54-46/h1-28H. The molecule has 0 aliphatic rings. The molecule has 7 heteroatoms. The molecular weight excluding hydrogens is 681 g/mol. The average molecular weight is 709 g/mol. The molecule has 0 N–H and O–H groups in total. The van der Waals surface area contributed by atoms with E-state index in [1.54, 1.807) is 0 Å². The van der Waals surface area contributed by atoms with Crippen molar-refractivity contribution in [1.29, 1.82) is 0 Å². The second kappa shape index (κ2) is 11.2. The topological polar surface area (TPSA) is 52.9 Å². The highest BCUT2D eigenvalue weighted by molar-refractivity contribution is 7.26. The lowest BCUT2D eigenvalue weighted by atomic mass is 9.95. The Morgan fingerprint density at radius 3 is 2.13 bits per heavy atom. The van der Waals surface area contributed by atoms with Gasteiger partial charge in [-0.25, -0.2) is 4.98 Å². The van der Waals surface area contributed by atoms with Gasteiger partial charge in [-0.05, 0) is 66.2 Å². The van der Waals surface area contributed by atoms with Gasteiger partial charge in [0, 0.05) is 55.5 Å². The minimum absolute atomic E-state index is 0.858. The Labute approximate surface area is 312 Å². The van der Waals surface area contributed by atoms with E-state index in [2.05, 4.69) is 170 Å². The average Bonchev–Trinajstić information content (AvgIpc) is 3.98. The number of rotatable bonds is 4. The van der Waals surface area contributed by atoms with Crippen LogP contribution in [0.2, 0.25) is 0 Å². The van der Waals surface area contributed by atoms with Crippen LogP contribution in [0.25, 0.3) is 104 Å². The summed E-state index contributed by atoms with van der Waals surface area (Å²) in [5.41, 5.74) is 12.8. The van der Waals surface area contributed by atoms with E-state index in [0.29, 0.717) is 0 Å². The van der Waals surface area contributed by atoms with Gasteiger partial charge in [-0.2, -0.15) is 0 Å². The van der Waals surface area contributed by atoms with Crippen molar-refractivity contribution in [3.63, 3.8) is 0 Å². The fraction of sp³-hybridized carbons (Fsp3) is 0. The van der Waals surface area contributed by atoms with Crippen molar-refractivity contribution in [2.75, 3.05) is 0 Å². The van der Waals surface area contributed by atoms with E-state index in [1.807, 2.05) is 29.9 Å². The molecule has 0 unspecified atom stereocenters. The monoisotopic (exact) mass is 708 g/mol. The molecule has 0 saturated heterocycles. The first-order valence-corrected chi connectivity index (χ1v) is 18.8. The normalized spacial score (nSPS) is 12.1. The van der Waals surface area contributed by atoms with Crippen LogP contribution in [0.15, 0.2) is 170 Å². The zero-order chi connectivity index (χ0) is 35.3. The van der Waals surface area contributed by atoms with Crippen LogP contribution in [0.1, 0.15) is 0 Å². The summed E-state index contributed by atoms with van der Waals surface area (Å²) < 4.78 is 9.42. The van der Waals surface area contributed by atoms with Crippen molar-refractivity contribution in [1.82, 2.24) is 28.5 Å². The lowest BCUT2D eigenvalue weighted by Gasteiger charge is -2.16. The predicted octanol–water partition coefficient (Wildman–Crippen LogP) is 12.0. The number of nitrogens with zero attached hydrogens (tertiary/aromatic N) is 6. The molecular formula is C47H28N6S. The van der Waals surface area contributed by atoms with E-state index in [9.17, 15) is 0 Å². The summed E-state index contributed by atoms with van der Waals surface area (Å²) in [5, 5.41) is 4.81. The molecule has 6 heterocycles. The Hall–Kier alpha value is -7.09. The quantitative estimate of drug-likeness (QED) is 0.183. The molecule has 0 fully saturated rings. The second-order valence-electron chi connectivity index (χ2n) is 13.7. The van der Waals surface area contributed by atoms with Crippen molar-refractivity contribution in [2.24, 2.45) is 0 Å². The number of benzene rings is 6. The van der Waals surface area contributed by atoms with Gasteiger partial charge >= 0.3 is 0 Å². The Kier molecular flexibility index (Phi) is 6.12. The van der Waals surface area contributed by atoms with E-state index in [1.165, 1.54) is 20.2 Å². The molecule has 252 valence electrons. The van der Waals surface area contributed by atoms with Crippen LogP contribution in [-0.2, 0) is 0 Å². The number of hydrogen-bond acceptors (Lipinski definition) is 4. The molecule has 0 aliphatic heterocycles. The van der Waals surface area contributed by atoms with E-state index in [4.69, 9.17) is 9.97 Å². The predicted molar refractivity (Wildman–Crippen MR) is 223 cm³/mol. The molecule has 12 rings (SSSR count). The van der Waals surface area contributed by atoms with Crippen molar-refractivity contribution >= 4 is 81.2 Å². The molecule has 0 radical (unpaired) electrons. The van der Waals surface area contributed by atoms with Crippen LogP contribution >= 0.6 is 11.3 Å². The third kappa shape index (κ3) is 4.01. The number of aromatic nitrogens is 6. The molecule has 6 aromatic heterocycles. The first-order chi connectivity index (χ1) is 26.8. The van der Waals surface area contributed by atoms with Gasteiger partial charge in [0.15, 0.2) is 0 Å². The van der Waals surface area contributed by atoms with Crippen LogP contribution < -0.4 is 0 Å². The fourth-order valence-corrected chi connectivity index (χ4v) is 9.76. The van der Waals surface area contributed by atoms with Gasteiger partial charge in [-0.15, -0.1) is 11.3 Å².